The Morgan fingerprint density at radius 1 is 1.39 bits per heavy atom. The SMILES string of the molecule is Cc1nc(COc2c(F)cccc2CBr)sc1C. The van der Waals surface area contributed by atoms with E-state index in [1.165, 1.54) is 10.9 Å². The van der Waals surface area contributed by atoms with Crippen LogP contribution in [0.15, 0.2) is 18.2 Å². The monoisotopic (exact) mass is 329 g/mol. The lowest BCUT2D eigenvalue weighted by molar-refractivity contribution is 0.287. The van der Waals surface area contributed by atoms with Gasteiger partial charge in [-0.05, 0) is 19.9 Å². The normalized spacial score (nSPS) is 10.7. The van der Waals surface area contributed by atoms with Crippen LogP contribution in [0.25, 0.3) is 0 Å². The maximum absolute atomic E-state index is 13.7. The molecule has 0 aliphatic carbocycles. The molecule has 2 aromatic rings. The van der Waals surface area contributed by atoms with E-state index in [0.29, 0.717) is 17.7 Å². The molecule has 0 unspecified atom stereocenters. The van der Waals surface area contributed by atoms with Crippen molar-refractivity contribution < 1.29 is 9.13 Å². The number of halogens is 2. The van der Waals surface area contributed by atoms with Crippen LogP contribution in [0.5, 0.6) is 5.75 Å². The molecule has 0 aliphatic rings. The summed E-state index contributed by atoms with van der Waals surface area (Å²) < 4.78 is 19.2. The van der Waals surface area contributed by atoms with Crippen LogP contribution in [-0.2, 0) is 11.9 Å². The van der Waals surface area contributed by atoms with Crippen LogP contribution in [-0.4, -0.2) is 4.98 Å². The number of alkyl halides is 1. The summed E-state index contributed by atoms with van der Waals surface area (Å²) in [4.78, 5) is 5.54. The first-order valence-electron chi connectivity index (χ1n) is 5.51. The summed E-state index contributed by atoms with van der Waals surface area (Å²) in [5, 5.41) is 1.43. The summed E-state index contributed by atoms with van der Waals surface area (Å²) >= 11 is 4.91. The van der Waals surface area contributed by atoms with Gasteiger partial charge in [0, 0.05) is 15.8 Å². The molecule has 0 radical (unpaired) electrons. The predicted molar refractivity (Wildman–Crippen MR) is 75.0 cm³/mol. The van der Waals surface area contributed by atoms with Gasteiger partial charge >= 0.3 is 0 Å². The van der Waals surface area contributed by atoms with Crippen molar-refractivity contribution in [3.8, 4) is 5.75 Å². The Labute approximate surface area is 118 Å². The summed E-state index contributed by atoms with van der Waals surface area (Å²) in [7, 11) is 0. The molecule has 96 valence electrons. The van der Waals surface area contributed by atoms with Gasteiger partial charge in [-0.3, -0.25) is 0 Å². The fourth-order valence-electron chi connectivity index (χ4n) is 1.56. The fourth-order valence-corrected chi connectivity index (χ4v) is 2.84. The molecule has 5 heteroatoms. The van der Waals surface area contributed by atoms with E-state index in [-0.39, 0.29) is 5.82 Å². The first-order chi connectivity index (χ1) is 8.61. The molecular weight excluding hydrogens is 317 g/mol. The van der Waals surface area contributed by atoms with Crippen molar-refractivity contribution in [1.82, 2.24) is 4.98 Å². The van der Waals surface area contributed by atoms with Gasteiger partial charge in [0.05, 0.1) is 5.69 Å². The third-order valence-electron chi connectivity index (χ3n) is 2.61. The van der Waals surface area contributed by atoms with Gasteiger partial charge in [0.1, 0.15) is 11.6 Å². The van der Waals surface area contributed by atoms with Gasteiger partial charge in [-0.25, -0.2) is 9.37 Å². The number of hydrogen-bond donors (Lipinski definition) is 0. The van der Waals surface area contributed by atoms with Crippen LogP contribution in [0.3, 0.4) is 0 Å². The predicted octanol–water partition coefficient (Wildman–Crippen LogP) is 4.37. The van der Waals surface area contributed by atoms with E-state index in [0.717, 1.165) is 16.3 Å². The molecule has 1 aromatic carbocycles. The van der Waals surface area contributed by atoms with Crippen molar-refractivity contribution in [2.75, 3.05) is 0 Å². The smallest absolute Gasteiger partial charge is 0.165 e. The molecule has 0 saturated carbocycles. The van der Waals surface area contributed by atoms with E-state index in [9.17, 15) is 4.39 Å². The number of nitrogens with zero attached hydrogens (tertiary/aromatic N) is 1. The van der Waals surface area contributed by atoms with Gasteiger partial charge in [0.2, 0.25) is 0 Å². The standard InChI is InChI=1S/C13H13BrFNOS/c1-8-9(2)18-12(16-8)7-17-13-10(6-14)4-3-5-11(13)15/h3-5H,6-7H2,1-2H3. The molecule has 1 heterocycles. The molecule has 0 atom stereocenters. The quantitative estimate of drug-likeness (QED) is 0.777. The molecule has 0 N–H and O–H groups in total. The second kappa shape index (κ2) is 5.80. The molecule has 2 rings (SSSR count). The Morgan fingerprint density at radius 2 is 2.17 bits per heavy atom. The average molecular weight is 330 g/mol. The Balaban J connectivity index is 2.15. The molecule has 0 aliphatic heterocycles. The summed E-state index contributed by atoms with van der Waals surface area (Å²) in [5.74, 6) is -0.0307. The van der Waals surface area contributed by atoms with Gasteiger partial charge in [0.25, 0.3) is 0 Å². The van der Waals surface area contributed by atoms with Crippen molar-refractivity contribution in [3.63, 3.8) is 0 Å². The van der Waals surface area contributed by atoms with E-state index >= 15 is 0 Å². The zero-order chi connectivity index (χ0) is 13.1. The Bertz CT molecular complexity index is 536. The van der Waals surface area contributed by atoms with Gasteiger partial charge in [-0.2, -0.15) is 0 Å². The zero-order valence-corrected chi connectivity index (χ0v) is 12.6. The Morgan fingerprint density at radius 3 is 2.78 bits per heavy atom. The molecule has 1 aromatic heterocycles. The highest BCUT2D eigenvalue weighted by Crippen LogP contribution is 2.26. The van der Waals surface area contributed by atoms with E-state index in [1.807, 2.05) is 19.9 Å². The third kappa shape index (κ3) is 2.90. The van der Waals surface area contributed by atoms with Crippen molar-refractivity contribution >= 4 is 27.3 Å². The molecule has 0 saturated heterocycles. The molecule has 0 amide bonds. The van der Waals surface area contributed by atoms with Gasteiger partial charge in [-0.15, -0.1) is 11.3 Å². The number of thiazole rings is 1. The number of hydrogen-bond acceptors (Lipinski definition) is 3. The molecule has 18 heavy (non-hydrogen) atoms. The van der Waals surface area contributed by atoms with Crippen LogP contribution in [0.2, 0.25) is 0 Å². The van der Waals surface area contributed by atoms with E-state index in [1.54, 1.807) is 17.4 Å². The van der Waals surface area contributed by atoms with Crippen molar-refractivity contribution in [2.45, 2.75) is 25.8 Å². The Hall–Kier alpha value is -0.940. The maximum Gasteiger partial charge on any atom is 0.165 e. The van der Waals surface area contributed by atoms with Crippen LogP contribution in [0.4, 0.5) is 4.39 Å². The van der Waals surface area contributed by atoms with Crippen LogP contribution >= 0.6 is 27.3 Å². The summed E-state index contributed by atoms with van der Waals surface area (Å²) in [6, 6.07) is 4.92. The van der Waals surface area contributed by atoms with Gasteiger partial charge in [-0.1, -0.05) is 28.1 Å². The average Bonchev–Trinajstić information content (AvgIpc) is 2.67. The lowest BCUT2D eigenvalue weighted by Crippen LogP contribution is -2.00. The van der Waals surface area contributed by atoms with Gasteiger partial charge in [0.15, 0.2) is 11.6 Å². The minimum absolute atomic E-state index is 0.305. The van der Waals surface area contributed by atoms with Crippen LogP contribution in [0.1, 0.15) is 21.1 Å². The third-order valence-corrected chi connectivity index (χ3v) is 4.26. The van der Waals surface area contributed by atoms with Gasteiger partial charge < -0.3 is 4.74 Å². The van der Waals surface area contributed by atoms with E-state index < -0.39 is 0 Å². The topological polar surface area (TPSA) is 22.1 Å². The van der Waals surface area contributed by atoms with Crippen molar-refractivity contribution in [2.24, 2.45) is 0 Å². The highest BCUT2D eigenvalue weighted by atomic mass is 79.9. The minimum Gasteiger partial charge on any atom is -0.483 e. The molecular formula is C13H13BrFNOS. The summed E-state index contributed by atoms with van der Waals surface area (Å²) in [5.41, 5.74) is 1.81. The van der Waals surface area contributed by atoms with E-state index in [2.05, 4.69) is 20.9 Å². The second-order valence-electron chi connectivity index (χ2n) is 3.90. The van der Waals surface area contributed by atoms with Crippen molar-refractivity contribution in [1.29, 1.82) is 0 Å². The number of aromatic nitrogens is 1. The zero-order valence-electron chi connectivity index (χ0n) is 10.2. The highest BCUT2D eigenvalue weighted by molar-refractivity contribution is 9.08. The number of rotatable bonds is 4. The molecule has 0 spiro atoms. The maximum atomic E-state index is 13.7. The fraction of sp³-hybridized carbons (Fsp3) is 0.308. The largest absolute Gasteiger partial charge is 0.483 e. The lowest BCUT2D eigenvalue weighted by Gasteiger charge is -2.09. The molecule has 0 bridgehead atoms. The summed E-state index contributed by atoms with van der Waals surface area (Å²) in [6.45, 7) is 4.28. The highest BCUT2D eigenvalue weighted by Gasteiger charge is 2.11. The van der Waals surface area contributed by atoms with Crippen LogP contribution in [0, 0.1) is 19.7 Å². The number of aryl methyl sites for hydroxylation is 2. The number of para-hydroxylation sites is 1. The molecule has 2 nitrogen and oxygen atoms in total. The number of ether oxygens (including phenoxy) is 1. The molecule has 0 fully saturated rings. The Kier molecular flexibility index (Phi) is 4.35. The van der Waals surface area contributed by atoms with E-state index in [4.69, 9.17) is 4.74 Å². The first kappa shape index (κ1) is 13.5. The minimum atomic E-state index is -0.336. The lowest BCUT2D eigenvalue weighted by atomic mass is 10.2. The number of benzene rings is 1. The summed E-state index contributed by atoms with van der Waals surface area (Å²) in [6.07, 6.45) is 0. The van der Waals surface area contributed by atoms with Crippen molar-refractivity contribution in [3.05, 3.63) is 45.2 Å². The van der Waals surface area contributed by atoms with Crippen LogP contribution < -0.4 is 4.74 Å². The first-order valence-corrected chi connectivity index (χ1v) is 7.44. The second-order valence-corrected chi connectivity index (χ2v) is 5.75.